The molecule has 3 rings (SSSR count). The van der Waals surface area contributed by atoms with Crippen LogP contribution in [0.25, 0.3) is 10.9 Å². The SMILES string of the molecule is CC(C)n1cc(NCc2ccc(Cl)c3cccnc23)cn1. The molecule has 0 spiro atoms. The summed E-state index contributed by atoms with van der Waals surface area (Å²) < 4.78 is 1.93. The number of fused-ring (bicyclic) bond motifs is 1. The summed E-state index contributed by atoms with van der Waals surface area (Å²) in [5.41, 5.74) is 3.06. The average molecular weight is 301 g/mol. The van der Waals surface area contributed by atoms with Crippen LogP contribution in [0, 0.1) is 0 Å². The Morgan fingerprint density at radius 1 is 1.29 bits per heavy atom. The second-order valence-electron chi connectivity index (χ2n) is 5.26. The van der Waals surface area contributed by atoms with Gasteiger partial charge in [-0.15, -0.1) is 0 Å². The van der Waals surface area contributed by atoms with E-state index in [4.69, 9.17) is 11.6 Å². The molecular formula is C16H17ClN4. The largest absolute Gasteiger partial charge is 0.378 e. The molecule has 0 amide bonds. The number of halogens is 1. The average Bonchev–Trinajstić information content (AvgIpc) is 2.96. The molecule has 0 aliphatic rings. The molecule has 0 radical (unpaired) electrons. The minimum absolute atomic E-state index is 0.360. The van der Waals surface area contributed by atoms with Gasteiger partial charge >= 0.3 is 0 Å². The van der Waals surface area contributed by atoms with Crippen molar-refractivity contribution < 1.29 is 0 Å². The molecule has 2 aromatic heterocycles. The third-order valence-electron chi connectivity index (χ3n) is 3.41. The van der Waals surface area contributed by atoms with Crippen LogP contribution in [0.5, 0.6) is 0 Å². The van der Waals surface area contributed by atoms with Crippen LogP contribution < -0.4 is 5.32 Å². The van der Waals surface area contributed by atoms with Crippen molar-refractivity contribution in [3.05, 3.63) is 53.4 Å². The molecular weight excluding hydrogens is 284 g/mol. The summed E-state index contributed by atoms with van der Waals surface area (Å²) in [5.74, 6) is 0. The maximum absolute atomic E-state index is 6.21. The van der Waals surface area contributed by atoms with Crippen LogP contribution in [-0.4, -0.2) is 14.8 Å². The normalized spacial score (nSPS) is 11.2. The Morgan fingerprint density at radius 3 is 2.90 bits per heavy atom. The summed E-state index contributed by atoms with van der Waals surface area (Å²) in [7, 11) is 0. The van der Waals surface area contributed by atoms with E-state index >= 15 is 0 Å². The first-order valence-corrected chi connectivity index (χ1v) is 7.33. The van der Waals surface area contributed by atoms with Crippen molar-refractivity contribution in [1.82, 2.24) is 14.8 Å². The smallest absolute Gasteiger partial charge is 0.0766 e. The summed E-state index contributed by atoms with van der Waals surface area (Å²) in [6.45, 7) is 4.90. The molecule has 0 bridgehead atoms. The second-order valence-corrected chi connectivity index (χ2v) is 5.67. The fourth-order valence-electron chi connectivity index (χ4n) is 2.25. The molecule has 2 heterocycles. The van der Waals surface area contributed by atoms with Gasteiger partial charge in [-0.3, -0.25) is 9.67 Å². The predicted octanol–water partition coefficient (Wildman–Crippen LogP) is 4.28. The summed E-state index contributed by atoms with van der Waals surface area (Å²) in [6.07, 6.45) is 5.64. The molecule has 0 saturated carbocycles. The summed E-state index contributed by atoms with van der Waals surface area (Å²) >= 11 is 6.21. The Hall–Kier alpha value is -2.07. The zero-order valence-electron chi connectivity index (χ0n) is 12.0. The van der Waals surface area contributed by atoms with E-state index in [2.05, 4.69) is 29.2 Å². The molecule has 0 aliphatic heterocycles. The molecule has 0 aliphatic carbocycles. The van der Waals surface area contributed by atoms with Crippen molar-refractivity contribution >= 4 is 28.2 Å². The monoisotopic (exact) mass is 300 g/mol. The van der Waals surface area contributed by atoms with Crippen LogP contribution in [0.1, 0.15) is 25.5 Å². The zero-order chi connectivity index (χ0) is 14.8. The summed E-state index contributed by atoms with van der Waals surface area (Å²) in [6, 6.07) is 8.18. The van der Waals surface area contributed by atoms with Crippen molar-refractivity contribution in [1.29, 1.82) is 0 Å². The van der Waals surface area contributed by atoms with E-state index < -0.39 is 0 Å². The lowest BCUT2D eigenvalue weighted by Gasteiger charge is -2.08. The maximum Gasteiger partial charge on any atom is 0.0766 e. The van der Waals surface area contributed by atoms with Gasteiger partial charge in [-0.25, -0.2) is 0 Å². The molecule has 4 nitrogen and oxygen atoms in total. The number of pyridine rings is 1. The highest BCUT2D eigenvalue weighted by atomic mass is 35.5. The minimum Gasteiger partial charge on any atom is -0.378 e. The Bertz CT molecular complexity index is 764. The van der Waals surface area contributed by atoms with Gasteiger partial charge in [0.1, 0.15) is 0 Å². The van der Waals surface area contributed by atoms with Crippen LogP contribution >= 0.6 is 11.6 Å². The molecule has 0 atom stereocenters. The van der Waals surface area contributed by atoms with Crippen molar-refractivity contribution in [2.45, 2.75) is 26.4 Å². The highest BCUT2D eigenvalue weighted by Crippen LogP contribution is 2.25. The number of benzene rings is 1. The number of anilines is 1. The molecule has 0 saturated heterocycles. The lowest BCUT2D eigenvalue weighted by Crippen LogP contribution is -2.02. The van der Waals surface area contributed by atoms with E-state index in [-0.39, 0.29) is 0 Å². The second kappa shape index (κ2) is 5.74. The number of hydrogen-bond donors (Lipinski definition) is 1. The van der Waals surface area contributed by atoms with Gasteiger partial charge in [-0.05, 0) is 37.6 Å². The molecule has 5 heteroatoms. The molecule has 0 unspecified atom stereocenters. The van der Waals surface area contributed by atoms with E-state index in [1.54, 1.807) is 6.20 Å². The van der Waals surface area contributed by atoms with Crippen molar-refractivity contribution in [3.8, 4) is 0 Å². The molecule has 0 fully saturated rings. The van der Waals surface area contributed by atoms with Gasteiger partial charge in [0.2, 0.25) is 0 Å². The van der Waals surface area contributed by atoms with Crippen molar-refractivity contribution in [3.63, 3.8) is 0 Å². The van der Waals surface area contributed by atoms with Crippen LogP contribution in [-0.2, 0) is 6.54 Å². The lowest BCUT2D eigenvalue weighted by molar-refractivity contribution is 0.532. The van der Waals surface area contributed by atoms with E-state index in [1.807, 2.05) is 41.3 Å². The number of nitrogens with one attached hydrogen (secondary N) is 1. The number of aromatic nitrogens is 3. The predicted molar refractivity (Wildman–Crippen MR) is 86.7 cm³/mol. The highest BCUT2D eigenvalue weighted by Gasteiger charge is 2.06. The van der Waals surface area contributed by atoms with E-state index in [0.29, 0.717) is 12.6 Å². The van der Waals surface area contributed by atoms with Crippen LogP contribution in [0.4, 0.5) is 5.69 Å². The fourth-order valence-corrected chi connectivity index (χ4v) is 2.46. The van der Waals surface area contributed by atoms with Gasteiger partial charge in [0.15, 0.2) is 0 Å². The fraction of sp³-hybridized carbons (Fsp3) is 0.250. The first-order chi connectivity index (χ1) is 10.1. The Kier molecular flexibility index (Phi) is 3.80. The van der Waals surface area contributed by atoms with Crippen LogP contribution in [0.3, 0.4) is 0 Å². The topological polar surface area (TPSA) is 42.7 Å². The Balaban J connectivity index is 1.83. The number of nitrogens with zero attached hydrogens (tertiary/aromatic N) is 3. The Morgan fingerprint density at radius 2 is 2.14 bits per heavy atom. The van der Waals surface area contributed by atoms with E-state index in [0.717, 1.165) is 27.2 Å². The van der Waals surface area contributed by atoms with Gasteiger partial charge in [0, 0.05) is 35.4 Å². The standard InChI is InChI=1S/C16H17ClN4/c1-11(2)21-10-13(9-20-21)19-8-12-5-6-15(17)14-4-3-7-18-16(12)14/h3-7,9-11,19H,8H2,1-2H3. The van der Waals surface area contributed by atoms with E-state index in [1.165, 1.54) is 0 Å². The minimum atomic E-state index is 0.360. The summed E-state index contributed by atoms with van der Waals surface area (Å²) in [5, 5.41) is 9.42. The van der Waals surface area contributed by atoms with E-state index in [9.17, 15) is 0 Å². The van der Waals surface area contributed by atoms with Gasteiger partial charge in [0.25, 0.3) is 0 Å². The summed E-state index contributed by atoms with van der Waals surface area (Å²) in [4.78, 5) is 4.44. The van der Waals surface area contributed by atoms with Crippen LogP contribution in [0.15, 0.2) is 42.9 Å². The number of rotatable bonds is 4. The maximum atomic E-state index is 6.21. The highest BCUT2D eigenvalue weighted by molar-refractivity contribution is 6.35. The quantitative estimate of drug-likeness (QED) is 0.782. The molecule has 21 heavy (non-hydrogen) atoms. The Labute approximate surface area is 128 Å². The van der Waals surface area contributed by atoms with Crippen molar-refractivity contribution in [2.24, 2.45) is 0 Å². The van der Waals surface area contributed by atoms with Gasteiger partial charge in [-0.1, -0.05) is 17.7 Å². The molecule has 1 N–H and O–H groups in total. The van der Waals surface area contributed by atoms with Crippen molar-refractivity contribution in [2.75, 3.05) is 5.32 Å². The van der Waals surface area contributed by atoms with Gasteiger partial charge in [0.05, 0.1) is 17.4 Å². The first-order valence-electron chi connectivity index (χ1n) is 6.95. The van der Waals surface area contributed by atoms with Gasteiger partial charge in [-0.2, -0.15) is 5.10 Å². The zero-order valence-corrected chi connectivity index (χ0v) is 12.8. The molecule has 3 aromatic rings. The van der Waals surface area contributed by atoms with Gasteiger partial charge < -0.3 is 5.32 Å². The molecule has 1 aromatic carbocycles. The molecule has 108 valence electrons. The van der Waals surface area contributed by atoms with Crippen LogP contribution in [0.2, 0.25) is 5.02 Å². The third kappa shape index (κ3) is 2.85. The number of hydrogen-bond acceptors (Lipinski definition) is 3. The lowest BCUT2D eigenvalue weighted by atomic mass is 10.1. The third-order valence-corrected chi connectivity index (χ3v) is 3.74. The first kappa shape index (κ1) is 13.9.